The van der Waals surface area contributed by atoms with Crippen LogP contribution in [0.15, 0.2) is 24.5 Å². The highest BCUT2D eigenvalue weighted by Gasteiger charge is 1.99. The Hall–Kier alpha value is -0.970. The van der Waals surface area contributed by atoms with Crippen molar-refractivity contribution in [3.05, 3.63) is 30.1 Å². The fourth-order valence-electron chi connectivity index (χ4n) is 1.75. The minimum absolute atomic E-state index is 0.790. The maximum Gasteiger partial charge on any atom is 0.0587 e. The zero-order valence-electron chi connectivity index (χ0n) is 11.6. The van der Waals surface area contributed by atoms with Crippen LogP contribution in [-0.2, 0) is 11.2 Å². The van der Waals surface area contributed by atoms with E-state index in [1.54, 1.807) is 7.11 Å². The molecule has 0 saturated carbocycles. The van der Waals surface area contributed by atoms with Crippen molar-refractivity contribution >= 4 is 0 Å². The summed E-state index contributed by atoms with van der Waals surface area (Å²) in [5, 5.41) is 3.36. The molecule has 1 heterocycles. The first kappa shape index (κ1) is 15.1. The molecule has 4 nitrogen and oxygen atoms in total. The minimum Gasteiger partial charge on any atom is -0.383 e. The Morgan fingerprint density at radius 1 is 1.22 bits per heavy atom. The summed E-state index contributed by atoms with van der Waals surface area (Å²) in [5.41, 5.74) is 1.36. The number of ether oxygens (including phenoxy) is 1. The summed E-state index contributed by atoms with van der Waals surface area (Å²) in [7, 11) is 3.91. The summed E-state index contributed by atoms with van der Waals surface area (Å²) in [6.45, 7) is 5.02. The number of hydrogen-bond acceptors (Lipinski definition) is 4. The van der Waals surface area contributed by atoms with Gasteiger partial charge in [0.25, 0.3) is 0 Å². The number of likely N-dealkylation sites (N-methyl/N-ethyl adjacent to an activating group) is 1. The van der Waals surface area contributed by atoms with E-state index >= 15 is 0 Å². The Labute approximate surface area is 110 Å². The lowest BCUT2D eigenvalue weighted by Crippen LogP contribution is -2.27. The van der Waals surface area contributed by atoms with Crippen molar-refractivity contribution < 1.29 is 4.74 Å². The van der Waals surface area contributed by atoms with Crippen LogP contribution in [0.2, 0.25) is 0 Å². The van der Waals surface area contributed by atoms with Crippen LogP contribution in [0.4, 0.5) is 0 Å². The number of hydrogen-bond donors (Lipinski definition) is 1. The number of nitrogens with one attached hydrogen (secondary N) is 1. The lowest BCUT2D eigenvalue weighted by Gasteiger charge is -2.16. The normalized spacial score (nSPS) is 11.1. The Bertz CT molecular complexity index is 292. The molecule has 0 aliphatic carbocycles. The van der Waals surface area contributed by atoms with Crippen LogP contribution < -0.4 is 5.32 Å². The van der Waals surface area contributed by atoms with Gasteiger partial charge in [0.15, 0.2) is 0 Å². The molecule has 0 bridgehead atoms. The van der Waals surface area contributed by atoms with Gasteiger partial charge < -0.3 is 15.0 Å². The highest BCUT2D eigenvalue weighted by atomic mass is 16.5. The highest BCUT2D eigenvalue weighted by molar-refractivity contribution is 5.09. The largest absolute Gasteiger partial charge is 0.383 e. The summed E-state index contributed by atoms with van der Waals surface area (Å²) < 4.78 is 4.98. The average Bonchev–Trinajstić information content (AvgIpc) is 2.41. The van der Waals surface area contributed by atoms with Crippen LogP contribution in [0.1, 0.15) is 12.0 Å². The molecular formula is C14H25N3O. The lowest BCUT2D eigenvalue weighted by molar-refractivity contribution is 0.199. The van der Waals surface area contributed by atoms with Gasteiger partial charge in [-0.15, -0.1) is 0 Å². The van der Waals surface area contributed by atoms with Crippen LogP contribution in [0.5, 0.6) is 0 Å². The third-order valence-electron chi connectivity index (χ3n) is 2.91. The summed E-state index contributed by atoms with van der Waals surface area (Å²) in [6.07, 6.45) is 5.98. The summed E-state index contributed by atoms with van der Waals surface area (Å²) in [6, 6.07) is 4.17. The molecule has 0 spiro atoms. The van der Waals surface area contributed by atoms with Gasteiger partial charge in [-0.3, -0.25) is 4.98 Å². The van der Waals surface area contributed by atoms with E-state index in [1.807, 2.05) is 12.4 Å². The molecule has 1 N–H and O–H groups in total. The van der Waals surface area contributed by atoms with Crippen LogP contribution >= 0.6 is 0 Å². The van der Waals surface area contributed by atoms with E-state index in [1.165, 1.54) is 12.0 Å². The van der Waals surface area contributed by atoms with Crippen LogP contribution in [0.25, 0.3) is 0 Å². The summed E-state index contributed by atoms with van der Waals surface area (Å²) >= 11 is 0. The standard InChI is InChI=1S/C14H25N3O/c1-17(11-3-7-15-10-13-18-2)12-6-14-4-8-16-9-5-14/h4-5,8-9,15H,3,6-7,10-13H2,1-2H3. The number of methoxy groups -OCH3 is 1. The van der Waals surface area contributed by atoms with Gasteiger partial charge in [0.05, 0.1) is 6.61 Å². The zero-order valence-corrected chi connectivity index (χ0v) is 11.6. The second-order valence-electron chi connectivity index (χ2n) is 4.51. The Kier molecular flexibility index (Phi) is 8.38. The molecule has 0 amide bonds. The van der Waals surface area contributed by atoms with E-state index in [-0.39, 0.29) is 0 Å². The second kappa shape index (κ2) is 10.00. The van der Waals surface area contributed by atoms with Crippen molar-refractivity contribution in [2.24, 2.45) is 0 Å². The molecule has 18 heavy (non-hydrogen) atoms. The molecule has 0 radical (unpaired) electrons. The maximum atomic E-state index is 4.98. The maximum absolute atomic E-state index is 4.98. The first-order chi connectivity index (χ1) is 8.83. The van der Waals surface area contributed by atoms with Gasteiger partial charge in [-0.05, 0) is 50.7 Å². The lowest BCUT2D eigenvalue weighted by atomic mass is 10.2. The molecule has 0 atom stereocenters. The second-order valence-corrected chi connectivity index (χ2v) is 4.51. The van der Waals surface area contributed by atoms with Gasteiger partial charge in [-0.25, -0.2) is 0 Å². The van der Waals surface area contributed by atoms with E-state index < -0.39 is 0 Å². The van der Waals surface area contributed by atoms with E-state index in [0.717, 1.165) is 39.2 Å². The third-order valence-corrected chi connectivity index (χ3v) is 2.91. The number of nitrogens with zero attached hydrogens (tertiary/aromatic N) is 2. The minimum atomic E-state index is 0.790. The number of pyridine rings is 1. The van der Waals surface area contributed by atoms with Crippen molar-refractivity contribution in [3.63, 3.8) is 0 Å². The molecule has 1 aromatic rings. The van der Waals surface area contributed by atoms with E-state index in [4.69, 9.17) is 4.74 Å². The first-order valence-electron chi connectivity index (χ1n) is 6.60. The van der Waals surface area contributed by atoms with E-state index in [9.17, 15) is 0 Å². The predicted octanol–water partition coefficient (Wildman–Crippen LogP) is 1.18. The highest BCUT2D eigenvalue weighted by Crippen LogP contribution is 1.99. The molecule has 0 aromatic carbocycles. The third kappa shape index (κ3) is 7.37. The molecule has 102 valence electrons. The van der Waals surface area contributed by atoms with Gasteiger partial charge in [0.1, 0.15) is 0 Å². The summed E-state index contributed by atoms with van der Waals surface area (Å²) in [4.78, 5) is 6.40. The van der Waals surface area contributed by atoms with Crippen LogP contribution in [-0.4, -0.2) is 56.8 Å². The molecule has 1 aromatic heterocycles. The molecule has 0 saturated heterocycles. The SMILES string of the molecule is COCCNCCCN(C)CCc1ccncc1. The topological polar surface area (TPSA) is 37.4 Å². The van der Waals surface area contributed by atoms with Gasteiger partial charge >= 0.3 is 0 Å². The molecule has 0 aliphatic rings. The van der Waals surface area contributed by atoms with Crippen molar-refractivity contribution in [3.8, 4) is 0 Å². The molecule has 0 unspecified atom stereocenters. The number of rotatable bonds is 10. The van der Waals surface area contributed by atoms with Gasteiger partial charge in [0.2, 0.25) is 0 Å². The van der Waals surface area contributed by atoms with Gasteiger partial charge in [-0.1, -0.05) is 0 Å². The molecule has 4 heteroatoms. The Morgan fingerprint density at radius 2 is 2.00 bits per heavy atom. The molecular weight excluding hydrogens is 226 g/mol. The predicted molar refractivity (Wildman–Crippen MR) is 74.8 cm³/mol. The first-order valence-corrected chi connectivity index (χ1v) is 6.60. The van der Waals surface area contributed by atoms with Gasteiger partial charge in [-0.2, -0.15) is 0 Å². The fraction of sp³-hybridized carbons (Fsp3) is 0.643. The van der Waals surface area contributed by atoms with Crippen molar-refractivity contribution in [1.82, 2.24) is 15.2 Å². The summed E-state index contributed by atoms with van der Waals surface area (Å²) in [5.74, 6) is 0. The smallest absolute Gasteiger partial charge is 0.0587 e. The Balaban J connectivity index is 1.99. The number of aromatic nitrogens is 1. The van der Waals surface area contributed by atoms with Crippen LogP contribution in [0.3, 0.4) is 0 Å². The fourth-order valence-corrected chi connectivity index (χ4v) is 1.75. The van der Waals surface area contributed by atoms with E-state index in [0.29, 0.717) is 0 Å². The van der Waals surface area contributed by atoms with E-state index in [2.05, 4.69) is 34.4 Å². The van der Waals surface area contributed by atoms with Crippen molar-refractivity contribution in [2.45, 2.75) is 12.8 Å². The molecule has 1 rings (SSSR count). The molecule has 0 fully saturated rings. The quantitative estimate of drug-likeness (QED) is 0.634. The average molecular weight is 251 g/mol. The zero-order chi connectivity index (χ0) is 13.1. The Morgan fingerprint density at radius 3 is 2.72 bits per heavy atom. The van der Waals surface area contributed by atoms with Crippen molar-refractivity contribution in [1.29, 1.82) is 0 Å². The van der Waals surface area contributed by atoms with Gasteiger partial charge in [0, 0.05) is 32.6 Å². The monoisotopic (exact) mass is 251 g/mol. The van der Waals surface area contributed by atoms with Crippen LogP contribution in [0, 0.1) is 0 Å². The molecule has 0 aliphatic heterocycles. The van der Waals surface area contributed by atoms with Crippen molar-refractivity contribution in [2.75, 3.05) is 46.9 Å².